The number of amides is 1. The third-order valence-corrected chi connectivity index (χ3v) is 2.83. The van der Waals surface area contributed by atoms with E-state index in [4.69, 9.17) is 0 Å². The standard InChI is InChI=1S/C15H17NO/c1-2-3-10-16-15(17)14-9-8-12-6-4-5-7-13(12)11-14/h4-9,11H,2-3,10H2,1H3,(H,16,17). The fourth-order valence-corrected chi connectivity index (χ4v) is 1.81. The van der Waals surface area contributed by atoms with Crippen molar-refractivity contribution in [2.24, 2.45) is 0 Å². The van der Waals surface area contributed by atoms with Gasteiger partial charge in [0.15, 0.2) is 0 Å². The van der Waals surface area contributed by atoms with E-state index < -0.39 is 0 Å². The first-order valence-corrected chi connectivity index (χ1v) is 6.08. The van der Waals surface area contributed by atoms with Crippen LogP contribution in [0.15, 0.2) is 42.5 Å². The molecule has 0 heterocycles. The first kappa shape index (κ1) is 11.6. The average molecular weight is 227 g/mol. The Balaban J connectivity index is 2.15. The summed E-state index contributed by atoms with van der Waals surface area (Å²) in [6.45, 7) is 2.87. The van der Waals surface area contributed by atoms with Gasteiger partial charge in [0.2, 0.25) is 0 Å². The van der Waals surface area contributed by atoms with Crippen molar-refractivity contribution in [1.82, 2.24) is 5.32 Å². The average Bonchev–Trinajstić information content (AvgIpc) is 2.38. The van der Waals surface area contributed by atoms with E-state index >= 15 is 0 Å². The maximum absolute atomic E-state index is 11.9. The molecular formula is C15H17NO. The molecule has 2 heteroatoms. The highest BCUT2D eigenvalue weighted by Crippen LogP contribution is 2.15. The number of hydrogen-bond acceptors (Lipinski definition) is 1. The monoisotopic (exact) mass is 227 g/mol. The van der Waals surface area contributed by atoms with Gasteiger partial charge < -0.3 is 5.32 Å². The lowest BCUT2D eigenvalue weighted by Gasteiger charge is -2.05. The lowest BCUT2D eigenvalue weighted by molar-refractivity contribution is 0.0953. The molecule has 0 aromatic heterocycles. The van der Waals surface area contributed by atoms with Gasteiger partial charge in [-0.2, -0.15) is 0 Å². The SMILES string of the molecule is CCCCNC(=O)c1ccc2ccccc2c1. The van der Waals surface area contributed by atoms with E-state index in [-0.39, 0.29) is 5.91 Å². The Kier molecular flexibility index (Phi) is 3.76. The highest BCUT2D eigenvalue weighted by atomic mass is 16.1. The molecule has 0 aliphatic heterocycles. The van der Waals surface area contributed by atoms with Gasteiger partial charge in [0.1, 0.15) is 0 Å². The number of benzene rings is 2. The molecule has 0 aliphatic carbocycles. The first-order valence-electron chi connectivity index (χ1n) is 6.08. The molecule has 0 saturated heterocycles. The molecule has 1 amide bonds. The summed E-state index contributed by atoms with van der Waals surface area (Å²) >= 11 is 0. The van der Waals surface area contributed by atoms with E-state index in [1.54, 1.807) is 0 Å². The van der Waals surface area contributed by atoms with Crippen molar-refractivity contribution in [3.63, 3.8) is 0 Å². The number of carbonyl (C=O) groups is 1. The Labute approximate surface area is 102 Å². The van der Waals surface area contributed by atoms with Crippen LogP contribution in [0, 0.1) is 0 Å². The largest absolute Gasteiger partial charge is 0.352 e. The Morgan fingerprint density at radius 2 is 1.88 bits per heavy atom. The van der Waals surface area contributed by atoms with Gasteiger partial charge >= 0.3 is 0 Å². The maximum Gasteiger partial charge on any atom is 0.251 e. The fraction of sp³-hybridized carbons (Fsp3) is 0.267. The lowest BCUT2D eigenvalue weighted by atomic mass is 10.1. The Hall–Kier alpha value is -1.83. The Morgan fingerprint density at radius 1 is 1.12 bits per heavy atom. The minimum atomic E-state index is 0.0178. The van der Waals surface area contributed by atoms with E-state index in [0.717, 1.165) is 35.7 Å². The van der Waals surface area contributed by atoms with Gasteiger partial charge in [0.05, 0.1) is 0 Å². The molecule has 17 heavy (non-hydrogen) atoms. The normalized spacial score (nSPS) is 10.4. The molecule has 0 spiro atoms. The van der Waals surface area contributed by atoms with Gasteiger partial charge in [0.25, 0.3) is 5.91 Å². The van der Waals surface area contributed by atoms with Crippen molar-refractivity contribution in [2.75, 3.05) is 6.54 Å². The van der Waals surface area contributed by atoms with Gasteiger partial charge in [-0.25, -0.2) is 0 Å². The van der Waals surface area contributed by atoms with E-state index in [9.17, 15) is 4.79 Å². The van der Waals surface area contributed by atoms with Gasteiger partial charge in [-0.05, 0) is 29.3 Å². The third-order valence-electron chi connectivity index (χ3n) is 2.83. The molecule has 0 radical (unpaired) electrons. The molecule has 0 unspecified atom stereocenters. The predicted octanol–water partition coefficient (Wildman–Crippen LogP) is 3.37. The zero-order valence-electron chi connectivity index (χ0n) is 10.1. The number of unbranched alkanes of at least 4 members (excludes halogenated alkanes) is 1. The van der Waals surface area contributed by atoms with Crippen LogP contribution in [0.4, 0.5) is 0 Å². The minimum Gasteiger partial charge on any atom is -0.352 e. The summed E-state index contributed by atoms with van der Waals surface area (Å²) in [6.07, 6.45) is 2.12. The van der Waals surface area contributed by atoms with Crippen LogP contribution in [-0.2, 0) is 0 Å². The Bertz CT molecular complexity index is 519. The fourth-order valence-electron chi connectivity index (χ4n) is 1.81. The second-order valence-corrected chi connectivity index (χ2v) is 4.17. The van der Waals surface area contributed by atoms with Crippen LogP contribution in [0.3, 0.4) is 0 Å². The van der Waals surface area contributed by atoms with Gasteiger partial charge in [-0.15, -0.1) is 0 Å². The molecule has 1 N–H and O–H groups in total. The lowest BCUT2D eigenvalue weighted by Crippen LogP contribution is -2.24. The van der Waals surface area contributed by atoms with Gasteiger partial charge in [-0.3, -0.25) is 4.79 Å². The van der Waals surface area contributed by atoms with Crippen LogP contribution in [0.25, 0.3) is 10.8 Å². The summed E-state index contributed by atoms with van der Waals surface area (Å²) in [5, 5.41) is 5.20. The molecule has 88 valence electrons. The summed E-state index contributed by atoms with van der Waals surface area (Å²) < 4.78 is 0. The predicted molar refractivity (Wildman–Crippen MR) is 71.2 cm³/mol. The molecule has 0 atom stereocenters. The number of rotatable bonds is 4. The molecule has 0 bridgehead atoms. The van der Waals surface area contributed by atoms with E-state index in [1.807, 2.05) is 42.5 Å². The van der Waals surface area contributed by atoms with Crippen LogP contribution in [0.1, 0.15) is 30.1 Å². The quantitative estimate of drug-likeness (QED) is 0.797. The zero-order valence-corrected chi connectivity index (χ0v) is 10.1. The second kappa shape index (κ2) is 5.48. The highest BCUT2D eigenvalue weighted by molar-refractivity contribution is 5.98. The number of hydrogen-bond donors (Lipinski definition) is 1. The van der Waals surface area contributed by atoms with Crippen LogP contribution >= 0.6 is 0 Å². The topological polar surface area (TPSA) is 29.1 Å². The van der Waals surface area contributed by atoms with Crippen LogP contribution < -0.4 is 5.32 Å². The molecule has 2 aromatic carbocycles. The van der Waals surface area contributed by atoms with Crippen molar-refractivity contribution in [2.45, 2.75) is 19.8 Å². The van der Waals surface area contributed by atoms with E-state index in [1.165, 1.54) is 0 Å². The summed E-state index contributed by atoms with van der Waals surface area (Å²) in [7, 11) is 0. The maximum atomic E-state index is 11.9. The van der Waals surface area contributed by atoms with Crippen molar-refractivity contribution < 1.29 is 4.79 Å². The molecule has 2 nitrogen and oxygen atoms in total. The van der Waals surface area contributed by atoms with Crippen molar-refractivity contribution in [1.29, 1.82) is 0 Å². The van der Waals surface area contributed by atoms with Gasteiger partial charge in [-0.1, -0.05) is 43.7 Å². The third kappa shape index (κ3) is 2.84. The van der Waals surface area contributed by atoms with E-state index in [0.29, 0.717) is 0 Å². The summed E-state index contributed by atoms with van der Waals surface area (Å²) in [5.41, 5.74) is 0.736. The molecule has 2 rings (SSSR count). The number of carbonyl (C=O) groups excluding carboxylic acids is 1. The summed E-state index contributed by atoms with van der Waals surface area (Å²) in [5.74, 6) is 0.0178. The second-order valence-electron chi connectivity index (χ2n) is 4.17. The smallest absolute Gasteiger partial charge is 0.251 e. The van der Waals surface area contributed by atoms with Crippen molar-refractivity contribution in [3.05, 3.63) is 48.0 Å². The highest BCUT2D eigenvalue weighted by Gasteiger charge is 2.04. The molecule has 0 aliphatic rings. The van der Waals surface area contributed by atoms with Gasteiger partial charge in [0, 0.05) is 12.1 Å². The molecular weight excluding hydrogens is 210 g/mol. The molecule has 2 aromatic rings. The van der Waals surface area contributed by atoms with Crippen LogP contribution in [0.2, 0.25) is 0 Å². The zero-order chi connectivity index (χ0) is 12.1. The van der Waals surface area contributed by atoms with E-state index in [2.05, 4.69) is 12.2 Å². The van der Waals surface area contributed by atoms with Crippen LogP contribution in [-0.4, -0.2) is 12.5 Å². The minimum absolute atomic E-state index is 0.0178. The molecule has 0 saturated carbocycles. The molecule has 0 fully saturated rings. The van der Waals surface area contributed by atoms with Crippen LogP contribution in [0.5, 0.6) is 0 Å². The van der Waals surface area contributed by atoms with Crippen molar-refractivity contribution >= 4 is 16.7 Å². The number of nitrogens with one attached hydrogen (secondary N) is 1. The summed E-state index contributed by atoms with van der Waals surface area (Å²) in [4.78, 5) is 11.9. The summed E-state index contributed by atoms with van der Waals surface area (Å²) in [6, 6.07) is 13.9. The van der Waals surface area contributed by atoms with Crippen molar-refractivity contribution in [3.8, 4) is 0 Å². The Morgan fingerprint density at radius 3 is 2.65 bits per heavy atom. The number of fused-ring (bicyclic) bond motifs is 1. The first-order chi connectivity index (χ1) is 8.31.